The van der Waals surface area contributed by atoms with E-state index < -0.39 is 0 Å². The van der Waals surface area contributed by atoms with Crippen molar-refractivity contribution in [1.29, 1.82) is 0 Å². The third kappa shape index (κ3) is 7.95. The number of rotatable bonds is 8. The lowest BCUT2D eigenvalue weighted by atomic mass is 10.1. The molecule has 1 saturated heterocycles. The van der Waals surface area contributed by atoms with E-state index in [1.807, 2.05) is 25.2 Å². The summed E-state index contributed by atoms with van der Waals surface area (Å²) in [6.07, 6.45) is 1.13. The monoisotopic (exact) mass is 509 g/mol. The van der Waals surface area contributed by atoms with E-state index in [-0.39, 0.29) is 24.0 Å². The highest BCUT2D eigenvalue weighted by Crippen LogP contribution is 2.13. The number of nitrogens with zero attached hydrogens (tertiary/aromatic N) is 2. The summed E-state index contributed by atoms with van der Waals surface area (Å²) in [6, 6.07) is 18.8. The fraction of sp³-hybridized carbons (Fsp3) is 0.435. The average Bonchev–Trinajstić information content (AvgIpc) is 3.23. The zero-order chi connectivity index (χ0) is 19.6. The normalized spacial score (nSPS) is 16.3. The van der Waals surface area contributed by atoms with Crippen molar-refractivity contribution in [2.45, 2.75) is 26.2 Å². The van der Waals surface area contributed by atoms with Gasteiger partial charge in [-0.25, -0.2) is 0 Å². The van der Waals surface area contributed by atoms with Gasteiger partial charge in [0, 0.05) is 39.7 Å². The maximum Gasteiger partial charge on any atom is 0.193 e. The van der Waals surface area contributed by atoms with Crippen molar-refractivity contribution in [2.24, 2.45) is 10.9 Å². The molecule has 1 unspecified atom stereocenters. The Kier molecular flexibility index (Phi) is 10.5. The van der Waals surface area contributed by atoms with Crippen LogP contribution in [-0.4, -0.2) is 44.7 Å². The molecule has 0 spiro atoms. The molecule has 158 valence electrons. The van der Waals surface area contributed by atoms with Crippen molar-refractivity contribution in [3.8, 4) is 0 Å². The Labute approximate surface area is 191 Å². The van der Waals surface area contributed by atoms with Crippen LogP contribution in [0.25, 0.3) is 0 Å². The number of hydrogen-bond acceptors (Lipinski definition) is 3. The second-order valence-corrected chi connectivity index (χ2v) is 7.31. The molecule has 0 aliphatic carbocycles. The van der Waals surface area contributed by atoms with E-state index in [2.05, 4.69) is 58.7 Å². The summed E-state index contributed by atoms with van der Waals surface area (Å²) >= 11 is 0. The van der Waals surface area contributed by atoms with E-state index in [4.69, 9.17) is 9.47 Å². The number of hydrogen-bond donors (Lipinski definition) is 1. The van der Waals surface area contributed by atoms with Gasteiger partial charge < -0.3 is 19.7 Å². The second-order valence-electron chi connectivity index (χ2n) is 7.31. The Morgan fingerprint density at radius 1 is 1.10 bits per heavy atom. The fourth-order valence-corrected chi connectivity index (χ4v) is 3.46. The second kappa shape index (κ2) is 12.8. The molecule has 6 heteroatoms. The third-order valence-electron chi connectivity index (χ3n) is 4.95. The topological polar surface area (TPSA) is 46.1 Å². The van der Waals surface area contributed by atoms with Gasteiger partial charge in [0.05, 0.1) is 19.8 Å². The number of ether oxygens (including phenoxy) is 2. The van der Waals surface area contributed by atoms with Gasteiger partial charge in [0.1, 0.15) is 0 Å². The highest BCUT2D eigenvalue weighted by molar-refractivity contribution is 14.0. The Morgan fingerprint density at radius 2 is 1.83 bits per heavy atom. The maximum absolute atomic E-state index is 5.86. The van der Waals surface area contributed by atoms with Crippen molar-refractivity contribution < 1.29 is 9.47 Å². The van der Waals surface area contributed by atoms with Gasteiger partial charge in [-0.05, 0) is 23.1 Å². The van der Waals surface area contributed by atoms with Crippen LogP contribution in [0.3, 0.4) is 0 Å². The average molecular weight is 509 g/mol. The number of halogens is 1. The van der Waals surface area contributed by atoms with E-state index >= 15 is 0 Å². The quantitative estimate of drug-likeness (QED) is 0.331. The summed E-state index contributed by atoms with van der Waals surface area (Å²) in [4.78, 5) is 6.60. The van der Waals surface area contributed by atoms with Crippen LogP contribution in [0.1, 0.15) is 23.1 Å². The van der Waals surface area contributed by atoms with Crippen molar-refractivity contribution in [2.75, 3.05) is 33.9 Å². The summed E-state index contributed by atoms with van der Waals surface area (Å²) in [5.41, 5.74) is 3.60. The molecule has 1 N–H and O–H groups in total. The third-order valence-corrected chi connectivity index (χ3v) is 4.95. The van der Waals surface area contributed by atoms with E-state index in [9.17, 15) is 0 Å². The maximum atomic E-state index is 5.86. The Hall–Kier alpha value is -1.64. The number of aliphatic imine (C=N–C) groups is 1. The number of guanidine groups is 1. The van der Waals surface area contributed by atoms with Gasteiger partial charge >= 0.3 is 0 Å². The first-order chi connectivity index (χ1) is 13.7. The van der Waals surface area contributed by atoms with Crippen LogP contribution < -0.4 is 5.32 Å². The van der Waals surface area contributed by atoms with Crippen molar-refractivity contribution in [1.82, 2.24) is 10.2 Å². The van der Waals surface area contributed by atoms with Crippen LogP contribution >= 0.6 is 24.0 Å². The van der Waals surface area contributed by atoms with Crippen LogP contribution in [0, 0.1) is 5.92 Å². The lowest BCUT2D eigenvalue weighted by Gasteiger charge is -2.24. The van der Waals surface area contributed by atoms with Crippen LogP contribution in [0.2, 0.25) is 0 Å². The van der Waals surface area contributed by atoms with Gasteiger partial charge in [-0.3, -0.25) is 4.99 Å². The minimum absolute atomic E-state index is 0. The molecular weight excluding hydrogens is 477 g/mol. The van der Waals surface area contributed by atoms with E-state index in [1.54, 1.807) is 0 Å². The molecule has 0 saturated carbocycles. The summed E-state index contributed by atoms with van der Waals surface area (Å²) in [5, 5.41) is 3.46. The molecule has 1 atom stereocenters. The SMILES string of the molecule is CN=C(NCc1cccc(COCc2ccccc2)c1)N(C)CC1CCOC1.I. The molecule has 0 amide bonds. The first-order valence-electron chi connectivity index (χ1n) is 9.93. The number of benzene rings is 2. The minimum Gasteiger partial charge on any atom is -0.381 e. The summed E-state index contributed by atoms with van der Waals surface area (Å²) in [6.45, 7) is 4.68. The predicted octanol–water partition coefficient (Wildman–Crippen LogP) is 4.07. The highest BCUT2D eigenvalue weighted by atomic mass is 127. The van der Waals surface area contributed by atoms with Gasteiger partial charge in [-0.1, -0.05) is 54.6 Å². The Morgan fingerprint density at radius 3 is 2.55 bits per heavy atom. The standard InChI is InChI=1S/C23H31N3O2.HI/c1-24-23(26(2)15-22-11-12-27-18-22)25-14-20-9-6-10-21(13-20)17-28-16-19-7-4-3-5-8-19;/h3-10,13,22H,11-12,14-18H2,1-2H3,(H,24,25);1H. The lowest BCUT2D eigenvalue weighted by molar-refractivity contribution is 0.107. The van der Waals surface area contributed by atoms with E-state index in [0.717, 1.165) is 38.7 Å². The molecule has 2 aromatic rings. The fourth-order valence-electron chi connectivity index (χ4n) is 3.46. The molecule has 1 heterocycles. The van der Waals surface area contributed by atoms with Crippen molar-refractivity contribution in [3.05, 3.63) is 71.3 Å². The zero-order valence-corrected chi connectivity index (χ0v) is 19.7. The molecule has 1 aliphatic heterocycles. The van der Waals surface area contributed by atoms with Gasteiger partial charge in [-0.15, -0.1) is 24.0 Å². The van der Waals surface area contributed by atoms with Gasteiger partial charge in [0.25, 0.3) is 0 Å². The highest BCUT2D eigenvalue weighted by Gasteiger charge is 2.18. The summed E-state index contributed by atoms with van der Waals surface area (Å²) in [7, 11) is 3.92. The molecule has 3 rings (SSSR count). The smallest absolute Gasteiger partial charge is 0.193 e. The zero-order valence-electron chi connectivity index (χ0n) is 17.3. The van der Waals surface area contributed by atoms with Crippen LogP contribution in [0.4, 0.5) is 0 Å². The summed E-state index contributed by atoms with van der Waals surface area (Å²) < 4.78 is 11.3. The molecular formula is C23H32IN3O2. The molecule has 0 aromatic heterocycles. The van der Waals surface area contributed by atoms with E-state index in [0.29, 0.717) is 19.1 Å². The van der Waals surface area contributed by atoms with Crippen LogP contribution in [0.15, 0.2) is 59.6 Å². The van der Waals surface area contributed by atoms with Gasteiger partial charge in [0.15, 0.2) is 5.96 Å². The van der Waals surface area contributed by atoms with Crippen LogP contribution in [0.5, 0.6) is 0 Å². The molecule has 1 fully saturated rings. The first kappa shape index (κ1) is 23.6. The number of nitrogens with one attached hydrogen (secondary N) is 1. The van der Waals surface area contributed by atoms with Crippen molar-refractivity contribution >= 4 is 29.9 Å². The molecule has 0 bridgehead atoms. The van der Waals surface area contributed by atoms with Gasteiger partial charge in [-0.2, -0.15) is 0 Å². The Balaban J connectivity index is 0.00000300. The first-order valence-corrected chi connectivity index (χ1v) is 9.93. The molecule has 1 aliphatic rings. The van der Waals surface area contributed by atoms with Crippen LogP contribution in [-0.2, 0) is 29.2 Å². The largest absolute Gasteiger partial charge is 0.381 e. The Bertz CT molecular complexity index is 749. The predicted molar refractivity (Wildman–Crippen MR) is 129 cm³/mol. The van der Waals surface area contributed by atoms with Crippen molar-refractivity contribution in [3.63, 3.8) is 0 Å². The summed E-state index contributed by atoms with van der Waals surface area (Å²) in [5.74, 6) is 1.51. The molecule has 0 radical (unpaired) electrons. The van der Waals surface area contributed by atoms with Gasteiger partial charge in [0.2, 0.25) is 0 Å². The molecule has 5 nitrogen and oxygen atoms in total. The van der Waals surface area contributed by atoms with E-state index in [1.165, 1.54) is 16.7 Å². The molecule has 29 heavy (non-hydrogen) atoms. The molecule has 2 aromatic carbocycles. The minimum atomic E-state index is 0. The lowest BCUT2D eigenvalue weighted by Crippen LogP contribution is -2.41.